The van der Waals surface area contributed by atoms with Gasteiger partial charge < -0.3 is 9.67 Å². The molecule has 3 aromatic rings. The summed E-state index contributed by atoms with van der Waals surface area (Å²) < 4.78 is 2.42. The topological polar surface area (TPSA) is 42.2 Å². The van der Waals surface area contributed by atoms with Crippen LogP contribution in [0.25, 0.3) is 10.9 Å². The molecule has 0 radical (unpaired) electrons. The molecule has 1 N–H and O–H groups in total. The molecule has 25 heavy (non-hydrogen) atoms. The summed E-state index contributed by atoms with van der Waals surface area (Å²) in [6.45, 7) is 5.29. The van der Waals surface area contributed by atoms with Crippen LogP contribution in [-0.4, -0.2) is 15.6 Å². The Bertz CT molecular complexity index is 968. The molecule has 2 aromatic carbocycles. The molecule has 1 unspecified atom stereocenters. The van der Waals surface area contributed by atoms with Gasteiger partial charge in [0.2, 0.25) is 0 Å². The molecular weight excluding hydrogens is 310 g/mol. The first-order valence-corrected chi connectivity index (χ1v) is 8.99. The van der Waals surface area contributed by atoms with E-state index in [9.17, 15) is 9.90 Å². The van der Waals surface area contributed by atoms with E-state index >= 15 is 0 Å². The number of benzene rings is 2. The van der Waals surface area contributed by atoms with Crippen molar-refractivity contribution in [2.75, 3.05) is 0 Å². The highest BCUT2D eigenvalue weighted by atomic mass is 16.4. The predicted octanol–water partition coefficient (Wildman–Crippen LogP) is 5.14. The van der Waals surface area contributed by atoms with Crippen LogP contribution in [0.15, 0.2) is 42.5 Å². The second-order valence-electron chi connectivity index (χ2n) is 7.21. The van der Waals surface area contributed by atoms with E-state index in [1.165, 1.54) is 35.2 Å². The van der Waals surface area contributed by atoms with Crippen LogP contribution in [0.3, 0.4) is 0 Å². The molecule has 1 aromatic heterocycles. The van der Waals surface area contributed by atoms with Crippen molar-refractivity contribution in [3.63, 3.8) is 0 Å². The first kappa shape index (κ1) is 15.9. The monoisotopic (exact) mass is 333 g/mol. The Balaban J connectivity index is 1.95. The Morgan fingerprint density at radius 1 is 1.24 bits per heavy atom. The van der Waals surface area contributed by atoms with E-state index in [1.807, 2.05) is 12.1 Å². The first-order valence-electron chi connectivity index (χ1n) is 8.99. The smallest absolute Gasteiger partial charge is 0.335 e. The van der Waals surface area contributed by atoms with Crippen LogP contribution < -0.4 is 0 Å². The normalized spacial score (nSPS) is 16.8. The van der Waals surface area contributed by atoms with Crippen LogP contribution in [-0.2, 0) is 13.0 Å². The summed E-state index contributed by atoms with van der Waals surface area (Å²) in [6, 6.07) is 14.1. The Morgan fingerprint density at radius 3 is 2.80 bits per heavy atom. The Labute approximate surface area is 147 Å². The summed E-state index contributed by atoms with van der Waals surface area (Å²) in [5.74, 6) is -0.348. The molecule has 0 fully saturated rings. The van der Waals surface area contributed by atoms with E-state index in [0.717, 1.165) is 23.9 Å². The molecule has 1 atom stereocenters. The predicted molar refractivity (Wildman–Crippen MR) is 101 cm³/mol. The van der Waals surface area contributed by atoms with Crippen molar-refractivity contribution in [1.82, 2.24) is 4.57 Å². The lowest BCUT2D eigenvalue weighted by molar-refractivity contribution is 0.0697. The second kappa shape index (κ2) is 6.07. The van der Waals surface area contributed by atoms with Gasteiger partial charge in [-0.2, -0.15) is 0 Å². The molecule has 1 aliphatic rings. The molecule has 1 aliphatic carbocycles. The van der Waals surface area contributed by atoms with Gasteiger partial charge >= 0.3 is 5.97 Å². The highest BCUT2D eigenvalue weighted by Gasteiger charge is 2.25. The van der Waals surface area contributed by atoms with Crippen molar-refractivity contribution in [2.45, 2.75) is 45.6 Å². The lowest BCUT2D eigenvalue weighted by Crippen LogP contribution is -2.13. The highest BCUT2D eigenvalue weighted by Crippen LogP contribution is 2.39. The van der Waals surface area contributed by atoms with Crippen LogP contribution >= 0.6 is 0 Å². The number of fused-ring (bicyclic) bond motifs is 3. The lowest BCUT2D eigenvalue weighted by Gasteiger charge is -2.23. The van der Waals surface area contributed by atoms with Crippen LogP contribution in [0.4, 0.5) is 0 Å². The molecule has 0 bridgehead atoms. The maximum atomic E-state index is 11.4. The molecule has 0 aliphatic heterocycles. The molecule has 0 saturated carbocycles. The molecule has 0 spiro atoms. The summed E-state index contributed by atoms with van der Waals surface area (Å²) in [6.07, 6.45) is 3.41. The quantitative estimate of drug-likeness (QED) is 0.721. The van der Waals surface area contributed by atoms with Crippen molar-refractivity contribution < 1.29 is 9.90 Å². The molecule has 3 heteroatoms. The van der Waals surface area contributed by atoms with Crippen molar-refractivity contribution in [2.24, 2.45) is 0 Å². The number of carbonyl (C=O) groups is 1. The standard InChI is InChI=1S/C22H23NO2/c1-14-6-3-4-8-17(14)13-23-20-11-10-16(22(24)25)12-19(20)18-9-5-7-15(2)21(18)23/h3-4,6,8,10-12,15H,5,7,9,13H2,1-2H3,(H,24,25). The zero-order chi connectivity index (χ0) is 17.6. The van der Waals surface area contributed by atoms with E-state index in [-0.39, 0.29) is 0 Å². The van der Waals surface area contributed by atoms with Crippen LogP contribution in [0.1, 0.15) is 58.4 Å². The third kappa shape index (κ3) is 2.64. The van der Waals surface area contributed by atoms with Gasteiger partial charge in [-0.15, -0.1) is 0 Å². The summed E-state index contributed by atoms with van der Waals surface area (Å²) in [5, 5.41) is 10.5. The van der Waals surface area contributed by atoms with Crippen molar-refractivity contribution >= 4 is 16.9 Å². The minimum atomic E-state index is -0.855. The largest absolute Gasteiger partial charge is 0.478 e. The van der Waals surface area contributed by atoms with Gasteiger partial charge in [0.15, 0.2) is 0 Å². The fourth-order valence-corrected chi connectivity index (χ4v) is 4.25. The van der Waals surface area contributed by atoms with Crippen molar-refractivity contribution in [3.05, 3.63) is 70.4 Å². The summed E-state index contributed by atoms with van der Waals surface area (Å²) in [5.41, 5.74) is 6.90. The maximum Gasteiger partial charge on any atom is 0.335 e. The summed E-state index contributed by atoms with van der Waals surface area (Å²) >= 11 is 0. The molecule has 0 amide bonds. The number of hydrogen-bond donors (Lipinski definition) is 1. The molecule has 1 heterocycles. The number of hydrogen-bond acceptors (Lipinski definition) is 1. The second-order valence-corrected chi connectivity index (χ2v) is 7.21. The van der Waals surface area contributed by atoms with Gasteiger partial charge in [-0.1, -0.05) is 31.2 Å². The summed E-state index contributed by atoms with van der Waals surface area (Å²) in [4.78, 5) is 11.4. The third-order valence-electron chi connectivity index (χ3n) is 5.58. The molecular formula is C22H23NO2. The fourth-order valence-electron chi connectivity index (χ4n) is 4.25. The number of carboxylic acids is 1. The highest BCUT2D eigenvalue weighted by molar-refractivity contribution is 5.95. The molecule has 4 rings (SSSR count). The Kier molecular flexibility index (Phi) is 3.87. The maximum absolute atomic E-state index is 11.4. The van der Waals surface area contributed by atoms with Gasteiger partial charge in [-0.25, -0.2) is 4.79 Å². The summed E-state index contributed by atoms with van der Waals surface area (Å²) in [7, 11) is 0. The minimum absolute atomic E-state index is 0.376. The van der Waals surface area contributed by atoms with E-state index in [4.69, 9.17) is 0 Å². The molecule has 0 saturated heterocycles. The van der Waals surface area contributed by atoms with Crippen LogP contribution in [0, 0.1) is 6.92 Å². The van der Waals surface area contributed by atoms with Gasteiger partial charge in [0.1, 0.15) is 0 Å². The van der Waals surface area contributed by atoms with Gasteiger partial charge in [-0.05, 0) is 67.0 Å². The van der Waals surface area contributed by atoms with Crippen molar-refractivity contribution in [3.8, 4) is 0 Å². The van der Waals surface area contributed by atoms with E-state index in [0.29, 0.717) is 11.5 Å². The average Bonchev–Trinajstić information content (AvgIpc) is 2.91. The third-order valence-corrected chi connectivity index (χ3v) is 5.58. The van der Waals surface area contributed by atoms with Gasteiger partial charge in [-0.3, -0.25) is 0 Å². The van der Waals surface area contributed by atoms with Crippen LogP contribution in [0.2, 0.25) is 0 Å². The zero-order valence-corrected chi connectivity index (χ0v) is 14.7. The zero-order valence-electron chi connectivity index (χ0n) is 14.7. The van der Waals surface area contributed by atoms with E-state index in [1.54, 1.807) is 6.07 Å². The van der Waals surface area contributed by atoms with Gasteiger partial charge in [0.25, 0.3) is 0 Å². The molecule has 3 nitrogen and oxygen atoms in total. The van der Waals surface area contributed by atoms with Gasteiger partial charge in [0.05, 0.1) is 5.56 Å². The van der Waals surface area contributed by atoms with Gasteiger partial charge in [0, 0.05) is 23.1 Å². The van der Waals surface area contributed by atoms with Crippen molar-refractivity contribution in [1.29, 1.82) is 0 Å². The van der Waals surface area contributed by atoms with E-state index < -0.39 is 5.97 Å². The lowest BCUT2D eigenvalue weighted by atomic mass is 9.87. The molecule has 128 valence electrons. The first-order chi connectivity index (χ1) is 12.1. The van der Waals surface area contributed by atoms with E-state index in [2.05, 4.69) is 42.7 Å². The number of aromatic nitrogens is 1. The fraction of sp³-hybridized carbons (Fsp3) is 0.318. The average molecular weight is 333 g/mol. The number of carboxylic acid groups (broad SMARTS) is 1. The number of aromatic carboxylic acids is 1. The number of aryl methyl sites for hydroxylation is 2. The Hall–Kier alpha value is -2.55. The van der Waals surface area contributed by atoms with Crippen LogP contribution in [0.5, 0.6) is 0 Å². The SMILES string of the molecule is Cc1ccccc1Cn1c2c(c3cc(C(=O)O)ccc31)CCCC2C. The number of nitrogens with zero attached hydrogens (tertiary/aromatic N) is 1. The Morgan fingerprint density at radius 2 is 2.04 bits per heavy atom. The minimum Gasteiger partial charge on any atom is -0.478 e. The number of rotatable bonds is 3.